The lowest BCUT2D eigenvalue weighted by molar-refractivity contribution is -0.138. The Kier molecular flexibility index (Phi) is 5.22. The molecule has 1 unspecified atom stereocenters. The van der Waals surface area contributed by atoms with Crippen molar-refractivity contribution in [3.05, 3.63) is 35.1 Å². The Morgan fingerprint density at radius 3 is 2.10 bits per heavy atom. The molecule has 1 aliphatic rings. The molecule has 1 saturated heterocycles. The maximum absolute atomic E-state index is 13.4. The summed E-state index contributed by atoms with van der Waals surface area (Å²) in [6, 6.07) is 1.17. The van der Waals surface area contributed by atoms with Gasteiger partial charge < -0.3 is 5.11 Å². The van der Waals surface area contributed by atoms with E-state index in [-0.39, 0.29) is 12.0 Å². The van der Waals surface area contributed by atoms with Crippen molar-refractivity contribution in [2.45, 2.75) is 38.1 Å². The van der Waals surface area contributed by atoms with Gasteiger partial charge in [0.15, 0.2) is 17.5 Å². The van der Waals surface area contributed by atoms with Crippen LogP contribution in [0.25, 0.3) is 0 Å². The summed E-state index contributed by atoms with van der Waals surface area (Å²) in [6.07, 6.45) is 3.69. The monoisotopic (exact) mass is 301 g/mol. The van der Waals surface area contributed by atoms with Gasteiger partial charge in [-0.05, 0) is 43.6 Å². The highest BCUT2D eigenvalue weighted by Crippen LogP contribution is 2.29. The average molecular weight is 301 g/mol. The zero-order valence-corrected chi connectivity index (χ0v) is 11.6. The van der Waals surface area contributed by atoms with Gasteiger partial charge in [0.2, 0.25) is 0 Å². The van der Waals surface area contributed by atoms with Gasteiger partial charge in [-0.25, -0.2) is 13.2 Å². The van der Waals surface area contributed by atoms with E-state index < -0.39 is 29.5 Å². The first-order valence-corrected chi connectivity index (χ1v) is 7.09. The van der Waals surface area contributed by atoms with Crippen molar-refractivity contribution in [3.8, 4) is 0 Å². The first kappa shape index (κ1) is 15.8. The number of carboxylic acids is 1. The largest absolute Gasteiger partial charge is 0.481 e. The summed E-state index contributed by atoms with van der Waals surface area (Å²) in [5.74, 6) is -5.14. The van der Waals surface area contributed by atoms with Crippen molar-refractivity contribution < 1.29 is 23.1 Å². The zero-order valence-electron chi connectivity index (χ0n) is 11.6. The number of benzene rings is 1. The molecule has 3 nitrogen and oxygen atoms in total. The molecule has 1 fully saturated rings. The van der Waals surface area contributed by atoms with E-state index in [4.69, 9.17) is 5.11 Å². The third kappa shape index (κ3) is 3.97. The number of likely N-dealkylation sites (tertiary alicyclic amines) is 1. The van der Waals surface area contributed by atoms with Gasteiger partial charge in [-0.15, -0.1) is 0 Å². The van der Waals surface area contributed by atoms with Crippen LogP contribution in [0, 0.1) is 17.5 Å². The lowest BCUT2D eigenvalue weighted by Crippen LogP contribution is -2.31. The van der Waals surface area contributed by atoms with E-state index in [0.717, 1.165) is 37.8 Å². The van der Waals surface area contributed by atoms with Gasteiger partial charge in [0.05, 0.1) is 6.42 Å². The second kappa shape index (κ2) is 6.93. The molecule has 1 N–H and O–H groups in total. The molecule has 0 aliphatic carbocycles. The highest BCUT2D eigenvalue weighted by atomic mass is 19.2. The number of carboxylic acid groups (broad SMARTS) is 1. The molecule has 0 bridgehead atoms. The molecule has 1 aliphatic heterocycles. The molecular weight excluding hydrogens is 283 g/mol. The van der Waals surface area contributed by atoms with Crippen LogP contribution in [0.15, 0.2) is 12.1 Å². The van der Waals surface area contributed by atoms with Gasteiger partial charge in [-0.2, -0.15) is 0 Å². The van der Waals surface area contributed by atoms with E-state index in [1.807, 2.05) is 4.90 Å². The second-order valence-corrected chi connectivity index (χ2v) is 5.36. The normalized spacial score (nSPS) is 18.2. The van der Waals surface area contributed by atoms with Crippen LogP contribution in [0.3, 0.4) is 0 Å². The Hall–Kier alpha value is -1.56. The number of carbonyl (C=O) groups is 1. The van der Waals surface area contributed by atoms with Crippen molar-refractivity contribution in [3.63, 3.8) is 0 Å². The molecule has 2 rings (SSSR count). The fourth-order valence-corrected chi connectivity index (χ4v) is 2.80. The Bertz CT molecular complexity index is 491. The van der Waals surface area contributed by atoms with Gasteiger partial charge in [0.25, 0.3) is 0 Å². The molecule has 0 spiro atoms. The van der Waals surface area contributed by atoms with E-state index in [2.05, 4.69) is 0 Å². The van der Waals surface area contributed by atoms with Gasteiger partial charge >= 0.3 is 5.97 Å². The minimum Gasteiger partial charge on any atom is -0.481 e. The molecule has 21 heavy (non-hydrogen) atoms. The standard InChI is InChI=1S/C15H18F3NO2/c16-11-7-10(8-12(17)15(11)18)13(9-14(20)21)19-5-3-1-2-4-6-19/h7-8,13H,1-6,9H2,(H,20,21). The van der Waals surface area contributed by atoms with Gasteiger partial charge in [0.1, 0.15) is 0 Å². The average Bonchev–Trinajstić information content (AvgIpc) is 2.70. The summed E-state index contributed by atoms with van der Waals surface area (Å²) < 4.78 is 39.9. The molecule has 6 heteroatoms. The number of nitrogens with zero attached hydrogens (tertiary/aromatic N) is 1. The van der Waals surface area contributed by atoms with E-state index in [0.29, 0.717) is 13.1 Å². The highest BCUT2D eigenvalue weighted by molar-refractivity contribution is 5.68. The summed E-state index contributed by atoms with van der Waals surface area (Å²) >= 11 is 0. The van der Waals surface area contributed by atoms with Crippen molar-refractivity contribution in [1.82, 2.24) is 4.90 Å². The molecule has 0 amide bonds. The minimum absolute atomic E-state index is 0.177. The van der Waals surface area contributed by atoms with Crippen molar-refractivity contribution in [2.24, 2.45) is 0 Å². The Morgan fingerprint density at radius 2 is 1.62 bits per heavy atom. The molecule has 0 radical (unpaired) electrons. The zero-order chi connectivity index (χ0) is 15.4. The fourth-order valence-electron chi connectivity index (χ4n) is 2.80. The van der Waals surface area contributed by atoms with Crippen LogP contribution in [0.2, 0.25) is 0 Å². The van der Waals surface area contributed by atoms with E-state index in [9.17, 15) is 18.0 Å². The lowest BCUT2D eigenvalue weighted by atomic mass is 10.0. The summed E-state index contributed by atoms with van der Waals surface area (Å²) in [6.45, 7) is 1.36. The second-order valence-electron chi connectivity index (χ2n) is 5.36. The molecule has 1 aromatic rings. The van der Waals surface area contributed by atoms with E-state index >= 15 is 0 Å². The molecule has 1 heterocycles. The number of aliphatic carboxylic acids is 1. The van der Waals surface area contributed by atoms with Gasteiger partial charge in [-0.3, -0.25) is 9.69 Å². The van der Waals surface area contributed by atoms with Crippen molar-refractivity contribution in [2.75, 3.05) is 13.1 Å². The first-order valence-electron chi connectivity index (χ1n) is 7.09. The summed E-state index contributed by atoms with van der Waals surface area (Å²) in [5, 5.41) is 9.05. The van der Waals surface area contributed by atoms with Crippen LogP contribution < -0.4 is 0 Å². The summed E-state index contributed by atoms with van der Waals surface area (Å²) in [5.41, 5.74) is 0.177. The first-order chi connectivity index (χ1) is 9.99. The maximum atomic E-state index is 13.4. The third-order valence-electron chi connectivity index (χ3n) is 3.84. The van der Waals surface area contributed by atoms with Crippen LogP contribution in [-0.4, -0.2) is 29.1 Å². The van der Waals surface area contributed by atoms with E-state index in [1.54, 1.807) is 0 Å². The molecule has 1 aromatic carbocycles. The van der Waals surface area contributed by atoms with Crippen LogP contribution in [0.4, 0.5) is 13.2 Å². The van der Waals surface area contributed by atoms with Crippen LogP contribution in [-0.2, 0) is 4.79 Å². The smallest absolute Gasteiger partial charge is 0.305 e. The molecular formula is C15H18F3NO2. The minimum atomic E-state index is -1.52. The predicted octanol–water partition coefficient (Wildman–Crippen LogP) is 3.50. The predicted molar refractivity (Wildman–Crippen MR) is 71.4 cm³/mol. The number of halogens is 3. The Balaban J connectivity index is 2.32. The van der Waals surface area contributed by atoms with Crippen molar-refractivity contribution in [1.29, 1.82) is 0 Å². The third-order valence-corrected chi connectivity index (χ3v) is 3.84. The maximum Gasteiger partial charge on any atom is 0.305 e. The quantitative estimate of drug-likeness (QED) is 0.865. The fraction of sp³-hybridized carbons (Fsp3) is 0.533. The summed E-state index contributed by atoms with van der Waals surface area (Å²) in [4.78, 5) is 13.0. The molecule has 1 atom stereocenters. The summed E-state index contributed by atoms with van der Waals surface area (Å²) in [7, 11) is 0. The molecule has 0 aromatic heterocycles. The lowest BCUT2D eigenvalue weighted by Gasteiger charge is -2.30. The van der Waals surface area contributed by atoms with Crippen LogP contribution in [0.5, 0.6) is 0 Å². The van der Waals surface area contributed by atoms with Crippen LogP contribution >= 0.6 is 0 Å². The topological polar surface area (TPSA) is 40.5 Å². The SMILES string of the molecule is O=C(O)CC(c1cc(F)c(F)c(F)c1)N1CCCCCC1. The highest BCUT2D eigenvalue weighted by Gasteiger charge is 2.26. The van der Waals surface area contributed by atoms with Crippen molar-refractivity contribution >= 4 is 5.97 Å². The Morgan fingerprint density at radius 1 is 1.10 bits per heavy atom. The number of hydrogen-bond donors (Lipinski definition) is 1. The Labute approximate surface area is 121 Å². The van der Waals surface area contributed by atoms with E-state index in [1.165, 1.54) is 0 Å². The van der Waals surface area contributed by atoms with Gasteiger partial charge in [0, 0.05) is 6.04 Å². The molecule has 0 saturated carbocycles. The number of rotatable bonds is 4. The number of hydrogen-bond acceptors (Lipinski definition) is 2. The van der Waals surface area contributed by atoms with Gasteiger partial charge in [-0.1, -0.05) is 12.8 Å². The molecule has 116 valence electrons. The van der Waals surface area contributed by atoms with Crippen LogP contribution in [0.1, 0.15) is 43.7 Å².